The third kappa shape index (κ3) is 3.39. The second-order valence-electron chi connectivity index (χ2n) is 5.38. The fraction of sp³-hybridized carbons (Fsp3) is 0.250. The van der Waals surface area contributed by atoms with Crippen molar-refractivity contribution < 1.29 is 8.78 Å². The number of anilines is 1. The van der Waals surface area contributed by atoms with Crippen molar-refractivity contribution in [2.24, 2.45) is 10.7 Å². The van der Waals surface area contributed by atoms with Gasteiger partial charge in [-0.05, 0) is 48.6 Å². The van der Waals surface area contributed by atoms with Gasteiger partial charge in [0.2, 0.25) is 0 Å². The summed E-state index contributed by atoms with van der Waals surface area (Å²) in [7, 11) is 0. The number of hydrogen-bond acceptors (Lipinski definition) is 2. The van der Waals surface area contributed by atoms with Gasteiger partial charge in [0.05, 0.1) is 6.04 Å². The highest BCUT2D eigenvalue weighted by Crippen LogP contribution is 2.39. The van der Waals surface area contributed by atoms with Crippen LogP contribution in [0.15, 0.2) is 47.6 Å². The lowest BCUT2D eigenvalue weighted by Crippen LogP contribution is -2.31. The molecule has 3 N–H and O–H groups in total. The smallest absolute Gasteiger partial charge is 0.194 e. The van der Waals surface area contributed by atoms with Crippen molar-refractivity contribution in [3.05, 3.63) is 59.8 Å². The molecule has 0 radical (unpaired) electrons. The van der Waals surface area contributed by atoms with E-state index in [1.807, 2.05) is 12.1 Å². The molecule has 1 fully saturated rings. The van der Waals surface area contributed by atoms with E-state index in [4.69, 9.17) is 5.73 Å². The highest BCUT2D eigenvalue weighted by molar-refractivity contribution is 5.91. The predicted molar refractivity (Wildman–Crippen MR) is 81.6 cm³/mol. The Labute approximate surface area is 127 Å². The lowest BCUT2D eigenvalue weighted by Gasteiger charge is -2.33. The number of benzene rings is 1. The molecule has 0 bridgehead atoms. The molecule has 114 valence electrons. The third-order valence-corrected chi connectivity index (χ3v) is 3.71. The maximum absolute atomic E-state index is 13.2. The van der Waals surface area contributed by atoms with Crippen LogP contribution >= 0.6 is 0 Å². The first-order valence-corrected chi connectivity index (χ1v) is 7.07. The Balaban J connectivity index is 1.57. The third-order valence-electron chi connectivity index (χ3n) is 3.71. The van der Waals surface area contributed by atoms with Gasteiger partial charge < -0.3 is 11.1 Å². The molecule has 1 aromatic heterocycles. The van der Waals surface area contributed by atoms with E-state index in [1.54, 1.807) is 12.3 Å². The zero-order valence-corrected chi connectivity index (χ0v) is 11.8. The monoisotopic (exact) mass is 302 g/mol. The van der Waals surface area contributed by atoms with Gasteiger partial charge >= 0.3 is 0 Å². The zero-order valence-electron chi connectivity index (χ0n) is 11.8. The Bertz CT molecular complexity index is 662. The molecule has 1 saturated carbocycles. The molecule has 4 nitrogen and oxygen atoms in total. The molecule has 3 rings (SSSR count). The Morgan fingerprint density at radius 2 is 1.91 bits per heavy atom. The molecule has 1 aliphatic carbocycles. The van der Waals surface area contributed by atoms with E-state index >= 15 is 0 Å². The van der Waals surface area contributed by atoms with Crippen molar-refractivity contribution in [1.29, 1.82) is 0 Å². The normalized spacial score (nSPS) is 21.3. The number of pyridine rings is 1. The first kappa shape index (κ1) is 14.4. The van der Waals surface area contributed by atoms with Crippen LogP contribution in [0.25, 0.3) is 0 Å². The lowest BCUT2D eigenvalue weighted by molar-refractivity contribution is 0.351. The van der Waals surface area contributed by atoms with Crippen LogP contribution in [0, 0.1) is 11.6 Å². The van der Waals surface area contributed by atoms with E-state index in [9.17, 15) is 8.78 Å². The first-order chi connectivity index (χ1) is 10.6. The number of nitrogens with zero attached hydrogens (tertiary/aromatic N) is 2. The number of halogens is 2. The maximum atomic E-state index is 13.2. The lowest BCUT2D eigenvalue weighted by atomic mass is 9.76. The minimum Gasteiger partial charge on any atom is -0.370 e. The van der Waals surface area contributed by atoms with Gasteiger partial charge in [-0.15, -0.1) is 0 Å². The molecule has 0 atom stereocenters. The summed E-state index contributed by atoms with van der Waals surface area (Å²) in [5.41, 5.74) is 6.51. The summed E-state index contributed by atoms with van der Waals surface area (Å²) >= 11 is 0. The number of nitrogens with two attached hydrogens (primary N) is 1. The van der Waals surface area contributed by atoms with Gasteiger partial charge in [0.25, 0.3) is 0 Å². The van der Waals surface area contributed by atoms with Gasteiger partial charge in [-0.1, -0.05) is 6.07 Å². The minimum atomic E-state index is -0.543. The van der Waals surface area contributed by atoms with Gasteiger partial charge in [0, 0.05) is 12.3 Å². The number of aliphatic imine (C=N–C) groups is 1. The average Bonchev–Trinajstić information content (AvgIpc) is 2.42. The minimum absolute atomic E-state index is 0.0625. The van der Waals surface area contributed by atoms with Crippen molar-refractivity contribution in [1.82, 2.24) is 4.98 Å². The highest BCUT2D eigenvalue weighted by Gasteiger charge is 2.30. The second kappa shape index (κ2) is 6.09. The van der Waals surface area contributed by atoms with Crippen LogP contribution in [0.4, 0.5) is 14.6 Å². The quantitative estimate of drug-likeness (QED) is 0.676. The number of hydrogen-bond donors (Lipinski definition) is 2. The van der Waals surface area contributed by atoms with Gasteiger partial charge in [0.1, 0.15) is 17.5 Å². The van der Waals surface area contributed by atoms with Gasteiger partial charge in [-0.3, -0.25) is 0 Å². The first-order valence-electron chi connectivity index (χ1n) is 7.07. The van der Waals surface area contributed by atoms with E-state index in [-0.39, 0.29) is 12.0 Å². The fourth-order valence-corrected chi connectivity index (χ4v) is 2.57. The molecule has 1 aromatic carbocycles. The summed E-state index contributed by atoms with van der Waals surface area (Å²) in [6, 6.07) is 9.15. The van der Waals surface area contributed by atoms with Crippen LogP contribution in [0.5, 0.6) is 0 Å². The Hall–Kier alpha value is -2.50. The summed E-state index contributed by atoms with van der Waals surface area (Å²) in [6.07, 6.45) is 3.12. The van der Waals surface area contributed by atoms with Crippen molar-refractivity contribution in [2.45, 2.75) is 24.8 Å². The van der Waals surface area contributed by atoms with Crippen LogP contribution in [0.1, 0.15) is 24.3 Å². The Morgan fingerprint density at radius 1 is 1.18 bits per heavy atom. The molecule has 0 saturated heterocycles. The van der Waals surface area contributed by atoms with Gasteiger partial charge in [-0.25, -0.2) is 18.8 Å². The topological polar surface area (TPSA) is 63.3 Å². The average molecular weight is 302 g/mol. The molecule has 0 amide bonds. The molecule has 6 heteroatoms. The number of nitrogens with one attached hydrogen (secondary N) is 1. The van der Waals surface area contributed by atoms with Gasteiger partial charge in [0.15, 0.2) is 5.96 Å². The van der Waals surface area contributed by atoms with E-state index in [0.717, 1.165) is 18.9 Å². The van der Waals surface area contributed by atoms with E-state index in [0.29, 0.717) is 17.3 Å². The van der Waals surface area contributed by atoms with Crippen LogP contribution in [-0.4, -0.2) is 17.0 Å². The van der Waals surface area contributed by atoms with Gasteiger partial charge in [-0.2, -0.15) is 0 Å². The molecular weight excluding hydrogens is 286 g/mol. The number of guanidine groups is 1. The zero-order chi connectivity index (χ0) is 15.5. The fourth-order valence-electron chi connectivity index (χ4n) is 2.57. The molecule has 1 aliphatic rings. The van der Waals surface area contributed by atoms with Crippen LogP contribution in [0.2, 0.25) is 0 Å². The number of rotatable bonds is 3. The summed E-state index contributed by atoms with van der Waals surface area (Å²) in [4.78, 5) is 8.45. The summed E-state index contributed by atoms with van der Waals surface area (Å²) in [6.45, 7) is 0. The summed E-state index contributed by atoms with van der Waals surface area (Å²) < 4.78 is 26.4. The van der Waals surface area contributed by atoms with Crippen molar-refractivity contribution in [2.75, 3.05) is 5.32 Å². The molecule has 1 heterocycles. The molecule has 0 aliphatic heterocycles. The Kier molecular flexibility index (Phi) is 4.00. The van der Waals surface area contributed by atoms with Crippen LogP contribution in [0.3, 0.4) is 0 Å². The standard InChI is InChI=1S/C16H16F2N4/c17-12-5-10(6-13(18)9-12)11-7-14(8-11)21-16(19)22-15-3-1-2-4-20-15/h1-6,9,11,14H,7-8H2,(H3,19,20,21,22). The summed E-state index contributed by atoms with van der Waals surface area (Å²) in [5, 5.41) is 2.91. The SMILES string of the molecule is NC(=NC1CC(c2cc(F)cc(F)c2)C1)Nc1ccccn1. The highest BCUT2D eigenvalue weighted by atomic mass is 19.1. The Morgan fingerprint density at radius 3 is 2.55 bits per heavy atom. The van der Waals surface area contributed by atoms with E-state index in [2.05, 4.69) is 15.3 Å². The summed E-state index contributed by atoms with van der Waals surface area (Å²) in [5.74, 6) is -0.0300. The maximum Gasteiger partial charge on any atom is 0.194 e. The van der Waals surface area contributed by atoms with Crippen molar-refractivity contribution in [3.63, 3.8) is 0 Å². The molecule has 22 heavy (non-hydrogen) atoms. The largest absolute Gasteiger partial charge is 0.370 e. The molecular formula is C16H16F2N4. The second-order valence-corrected chi connectivity index (χ2v) is 5.38. The predicted octanol–water partition coefficient (Wildman–Crippen LogP) is 3.03. The molecule has 2 aromatic rings. The number of aromatic nitrogens is 1. The molecule has 0 unspecified atom stereocenters. The van der Waals surface area contributed by atoms with E-state index in [1.165, 1.54) is 12.1 Å². The molecule has 0 spiro atoms. The van der Waals surface area contributed by atoms with E-state index < -0.39 is 11.6 Å². The van der Waals surface area contributed by atoms with Crippen molar-refractivity contribution in [3.8, 4) is 0 Å². The van der Waals surface area contributed by atoms with Crippen LogP contribution in [-0.2, 0) is 0 Å². The van der Waals surface area contributed by atoms with Crippen molar-refractivity contribution >= 4 is 11.8 Å². The van der Waals surface area contributed by atoms with Crippen LogP contribution < -0.4 is 11.1 Å².